The van der Waals surface area contributed by atoms with Gasteiger partial charge in [0.25, 0.3) is 5.91 Å². The van der Waals surface area contributed by atoms with E-state index in [1.165, 1.54) is 0 Å². The first-order valence-corrected chi connectivity index (χ1v) is 7.50. The molecule has 98 valence electrons. The van der Waals surface area contributed by atoms with Crippen molar-refractivity contribution >= 4 is 33.4 Å². The molecule has 0 bridgehead atoms. The summed E-state index contributed by atoms with van der Waals surface area (Å²) in [5.41, 5.74) is 1.75. The molecule has 0 radical (unpaired) electrons. The summed E-state index contributed by atoms with van der Waals surface area (Å²) < 4.78 is 0.933. The Morgan fingerprint density at radius 1 is 1.33 bits per heavy atom. The molecule has 1 aliphatic rings. The van der Waals surface area contributed by atoms with Crippen LogP contribution in [0.1, 0.15) is 41.6 Å². The lowest BCUT2D eigenvalue weighted by molar-refractivity contribution is 0.0927. The van der Waals surface area contributed by atoms with Crippen molar-refractivity contribution in [3.63, 3.8) is 0 Å². The number of benzene rings is 1. The highest BCUT2D eigenvalue weighted by Gasteiger charge is 2.21. The van der Waals surface area contributed by atoms with Crippen molar-refractivity contribution < 1.29 is 4.79 Å². The Kier molecular flexibility index (Phi) is 4.68. The highest BCUT2D eigenvalue weighted by Crippen LogP contribution is 2.23. The third-order valence-electron chi connectivity index (χ3n) is 3.44. The smallest absolute Gasteiger partial charge is 0.251 e. The number of hydrogen-bond acceptors (Lipinski definition) is 1. The minimum absolute atomic E-state index is 0.0202. The third kappa shape index (κ3) is 3.48. The number of carbonyl (C=O) groups excluding carboxylic acids is 1. The number of hydrogen-bond donors (Lipinski definition) is 1. The van der Waals surface area contributed by atoms with Crippen LogP contribution in [0.4, 0.5) is 0 Å². The summed E-state index contributed by atoms with van der Waals surface area (Å²) in [6, 6.07) is 6.04. The number of alkyl halides is 1. The van der Waals surface area contributed by atoms with Crippen LogP contribution in [-0.4, -0.2) is 17.3 Å². The van der Waals surface area contributed by atoms with Gasteiger partial charge in [-0.25, -0.2) is 0 Å². The zero-order chi connectivity index (χ0) is 13.1. The fraction of sp³-hybridized carbons (Fsp3) is 0.500. The Labute approximate surface area is 121 Å². The molecule has 0 aliphatic heterocycles. The van der Waals surface area contributed by atoms with Crippen LogP contribution in [-0.2, 0) is 0 Å². The average molecular weight is 331 g/mol. The van der Waals surface area contributed by atoms with Gasteiger partial charge in [-0.2, -0.15) is 0 Å². The van der Waals surface area contributed by atoms with E-state index in [-0.39, 0.29) is 17.3 Å². The molecule has 1 aromatic rings. The normalized spacial score (nSPS) is 23.7. The molecule has 0 unspecified atom stereocenters. The number of amides is 1. The quantitative estimate of drug-likeness (QED) is 0.815. The standard InChI is InChI=1S/C14H17BrClNO/c1-9-2-3-10(15)8-13(9)14(18)17-12-6-4-11(16)5-7-12/h2-3,8,11-12H,4-7H2,1H3,(H,17,18). The Bertz CT molecular complexity index is 441. The molecule has 18 heavy (non-hydrogen) atoms. The number of carbonyl (C=O) groups is 1. The molecule has 1 aliphatic carbocycles. The average Bonchev–Trinajstić information content (AvgIpc) is 2.35. The second kappa shape index (κ2) is 6.07. The van der Waals surface area contributed by atoms with Crippen LogP contribution in [0.3, 0.4) is 0 Å². The Morgan fingerprint density at radius 2 is 2.00 bits per heavy atom. The van der Waals surface area contributed by atoms with Crippen molar-refractivity contribution in [1.82, 2.24) is 5.32 Å². The van der Waals surface area contributed by atoms with E-state index in [1.54, 1.807) is 0 Å². The van der Waals surface area contributed by atoms with Crippen LogP contribution in [0, 0.1) is 6.92 Å². The van der Waals surface area contributed by atoms with Gasteiger partial charge in [-0.1, -0.05) is 22.0 Å². The van der Waals surface area contributed by atoms with Crippen LogP contribution in [0.25, 0.3) is 0 Å². The van der Waals surface area contributed by atoms with Crippen LogP contribution in [0.5, 0.6) is 0 Å². The van der Waals surface area contributed by atoms with Crippen molar-refractivity contribution in [3.8, 4) is 0 Å². The predicted octanol–water partition coefficient (Wildman–Crippen LogP) is 4.04. The van der Waals surface area contributed by atoms with E-state index in [4.69, 9.17) is 11.6 Å². The molecule has 1 N–H and O–H groups in total. The lowest BCUT2D eigenvalue weighted by atomic mass is 9.94. The van der Waals surface area contributed by atoms with Crippen molar-refractivity contribution in [1.29, 1.82) is 0 Å². The molecule has 1 aromatic carbocycles. The largest absolute Gasteiger partial charge is 0.349 e. The second-order valence-electron chi connectivity index (χ2n) is 4.88. The maximum absolute atomic E-state index is 12.2. The molecular formula is C14H17BrClNO. The summed E-state index contributed by atoms with van der Waals surface area (Å²) in [6.45, 7) is 1.96. The maximum atomic E-state index is 12.2. The summed E-state index contributed by atoms with van der Waals surface area (Å²) in [4.78, 5) is 12.2. The van der Waals surface area contributed by atoms with E-state index in [0.717, 1.165) is 41.3 Å². The molecular weight excluding hydrogens is 314 g/mol. The van der Waals surface area contributed by atoms with Crippen molar-refractivity contribution in [2.75, 3.05) is 0 Å². The summed E-state index contributed by atoms with van der Waals surface area (Å²) >= 11 is 9.46. The monoisotopic (exact) mass is 329 g/mol. The van der Waals surface area contributed by atoms with E-state index in [1.807, 2.05) is 25.1 Å². The molecule has 0 saturated heterocycles. The van der Waals surface area contributed by atoms with Crippen molar-refractivity contribution in [2.24, 2.45) is 0 Å². The molecule has 0 aromatic heterocycles. The zero-order valence-corrected chi connectivity index (χ0v) is 12.7. The molecule has 0 atom stereocenters. The molecule has 2 rings (SSSR count). The topological polar surface area (TPSA) is 29.1 Å². The highest BCUT2D eigenvalue weighted by atomic mass is 79.9. The fourth-order valence-corrected chi connectivity index (χ4v) is 2.91. The van der Waals surface area contributed by atoms with Crippen LogP contribution in [0.15, 0.2) is 22.7 Å². The summed E-state index contributed by atoms with van der Waals surface area (Å²) in [5.74, 6) is 0.0202. The molecule has 0 heterocycles. The van der Waals surface area contributed by atoms with Gasteiger partial charge in [-0.05, 0) is 50.3 Å². The molecule has 1 saturated carbocycles. The SMILES string of the molecule is Cc1ccc(Br)cc1C(=O)NC1CCC(Cl)CC1. The second-order valence-corrected chi connectivity index (χ2v) is 6.41. The molecule has 0 spiro atoms. The van der Waals surface area contributed by atoms with Gasteiger partial charge >= 0.3 is 0 Å². The van der Waals surface area contributed by atoms with Gasteiger partial charge in [-0.15, -0.1) is 11.6 Å². The Balaban J connectivity index is 2.01. The highest BCUT2D eigenvalue weighted by molar-refractivity contribution is 9.10. The maximum Gasteiger partial charge on any atom is 0.251 e. The molecule has 1 fully saturated rings. The summed E-state index contributed by atoms with van der Waals surface area (Å²) in [6.07, 6.45) is 3.94. The lowest BCUT2D eigenvalue weighted by Crippen LogP contribution is -2.38. The first kappa shape index (κ1) is 13.9. The van der Waals surface area contributed by atoms with Gasteiger partial charge in [0.1, 0.15) is 0 Å². The minimum atomic E-state index is 0.0202. The van der Waals surface area contributed by atoms with Gasteiger partial charge in [0.2, 0.25) is 0 Å². The zero-order valence-electron chi connectivity index (χ0n) is 10.4. The molecule has 1 amide bonds. The van der Waals surface area contributed by atoms with E-state index in [0.29, 0.717) is 0 Å². The fourth-order valence-electron chi connectivity index (χ4n) is 2.30. The van der Waals surface area contributed by atoms with Crippen molar-refractivity contribution in [3.05, 3.63) is 33.8 Å². The Morgan fingerprint density at radius 3 is 2.67 bits per heavy atom. The molecule has 4 heteroatoms. The van der Waals surface area contributed by atoms with E-state index < -0.39 is 0 Å². The van der Waals surface area contributed by atoms with Gasteiger partial charge in [0.15, 0.2) is 0 Å². The molecule has 2 nitrogen and oxygen atoms in total. The van der Waals surface area contributed by atoms with Gasteiger partial charge in [-0.3, -0.25) is 4.79 Å². The number of nitrogens with one attached hydrogen (secondary N) is 1. The van der Waals surface area contributed by atoms with E-state index in [2.05, 4.69) is 21.2 Å². The van der Waals surface area contributed by atoms with Crippen LogP contribution < -0.4 is 5.32 Å². The number of halogens is 2. The predicted molar refractivity (Wildman–Crippen MR) is 78.2 cm³/mol. The first-order valence-electron chi connectivity index (χ1n) is 6.27. The van der Waals surface area contributed by atoms with Crippen LogP contribution in [0.2, 0.25) is 0 Å². The van der Waals surface area contributed by atoms with Crippen molar-refractivity contribution in [2.45, 2.75) is 44.0 Å². The summed E-state index contributed by atoms with van der Waals surface area (Å²) in [5, 5.41) is 3.39. The van der Waals surface area contributed by atoms with Crippen LogP contribution >= 0.6 is 27.5 Å². The lowest BCUT2D eigenvalue weighted by Gasteiger charge is -2.26. The summed E-state index contributed by atoms with van der Waals surface area (Å²) in [7, 11) is 0. The van der Waals surface area contributed by atoms with E-state index in [9.17, 15) is 4.79 Å². The number of rotatable bonds is 2. The number of aryl methyl sites for hydroxylation is 1. The van der Waals surface area contributed by atoms with Gasteiger partial charge in [0.05, 0.1) is 0 Å². The van der Waals surface area contributed by atoms with E-state index >= 15 is 0 Å². The van der Waals surface area contributed by atoms with Gasteiger partial charge < -0.3 is 5.32 Å². The first-order chi connectivity index (χ1) is 8.56. The third-order valence-corrected chi connectivity index (χ3v) is 4.37. The van der Waals surface area contributed by atoms with Gasteiger partial charge in [0, 0.05) is 21.5 Å². The minimum Gasteiger partial charge on any atom is -0.349 e. The Hall–Kier alpha value is -0.540.